The standard InChI is InChI=1S/C16H34O3.C3H8O3/c1-6-8-9-10-11-12-14-15(13-7-2)16(17-3,18-4)19-5;4-1-3(6)2-5/h15H,6-14H2,1-5H3;3-6H,1-2H2. The van der Waals surface area contributed by atoms with E-state index in [0.29, 0.717) is 5.92 Å². The zero-order chi connectivity index (χ0) is 19.6. The van der Waals surface area contributed by atoms with Crippen molar-refractivity contribution in [2.24, 2.45) is 5.92 Å². The van der Waals surface area contributed by atoms with E-state index in [1.165, 1.54) is 38.5 Å². The molecule has 25 heavy (non-hydrogen) atoms. The third-order valence-electron chi connectivity index (χ3n) is 4.32. The SMILES string of the molecule is CCCCCCCCC(CCC)C(OC)(OC)OC.OCC(O)CO. The van der Waals surface area contributed by atoms with Crippen LogP contribution in [-0.2, 0) is 14.2 Å². The Hall–Kier alpha value is -0.240. The third-order valence-corrected chi connectivity index (χ3v) is 4.32. The summed E-state index contributed by atoms with van der Waals surface area (Å²) >= 11 is 0. The van der Waals surface area contributed by atoms with Crippen LogP contribution in [-0.4, -0.2) is 61.9 Å². The molecule has 6 heteroatoms. The molecule has 0 aromatic rings. The summed E-state index contributed by atoms with van der Waals surface area (Å²) in [6.45, 7) is 3.72. The van der Waals surface area contributed by atoms with Crippen molar-refractivity contribution < 1.29 is 29.5 Å². The monoisotopic (exact) mass is 366 g/mol. The second kappa shape index (κ2) is 18.5. The molecule has 154 valence electrons. The van der Waals surface area contributed by atoms with Gasteiger partial charge in [0.2, 0.25) is 0 Å². The predicted octanol–water partition coefficient (Wildman–Crippen LogP) is 3.08. The fourth-order valence-corrected chi connectivity index (χ4v) is 2.83. The highest BCUT2D eigenvalue weighted by Gasteiger charge is 2.38. The highest BCUT2D eigenvalue weighted by Crippen LogP contribution is 2.32. The molecule has 0 aromatic heterocycles. The zero-order valence-corrected chi connectivity index (χ0v) is 17.0. The summed E-state index contributed by atoms with van der Waals surface area (Å²) in [5, 5.41) is 24.0. The van der Waals surface area contributed by atoms with Gasteiger partial charge in [-0.05, 0) is 12.8 Å². The molecule has 0 aliphatic heterocycles. The molecular formula is C19H42O6. The zero-order valence-electron chi connectivity index (χ0n) is 17.0. The summed E-state index contributed by atoms with van der Waals surface area (Å²) in [5.74, 6) is -0.553. The first-order valence-electron chi connectivity index (χ1n) is 9.56. The number of methoxy groups -OCH3 is 3. The van der Waals surface area contributed by atoms with Crippen molar-refractivity contribution in [1.82, 2.24) is 0 Å². The van der Waals surface area contributed by atoms with Crippen molar-refractivity contribution in [2.45, 2.75) is 83.7 Å². The van der Waals surface area contributed by atoms with E-state index in [4.69, 9.17) is 29.5 Å². The van der Waals surface area contributed by atoms with Crippen molar-refractivity contribution in [3.63, 3.8) is 0 Å². The fraction of sp³-hybridized carbons (Fsp3) is 1.00. The number of aliphatic hydroxyl groups excluding tert-OH is 3. The normalized spacial score (nSPS) is 12.8. The first-order valence-corrected chi connectivity index (χ1v) is 9.56. The Kier molecular flexibility index (Phi) is 20.0. The molecule has 0 aliphatic carbocycles. The molecule has 1 unspecified atom stereocenters. The van der Waals surface area contributed by atoms with Gasteiger partial charge in [0.1, 0.15) is 6.10 Å². The van der Waals surface area contributed by atoms with E-state index >= 15 is 0 Å². The highest BCUT2D eigenvalue weighted by atomic mass is 16.9. The maximum Gasteiger partial charge on any atom is 0.285 e. The fourth-order valence-electron chi connectivity index (χ4n) is 2.83. The molecule has 0 radical (unpaired) electrons. The summed E-state index contributed by atoms with van der Waals surface area (Å²) in [6.07, 6.45) is 10.2. The lowest BCUT2D eigenvalue weighted by molar-refractivity contribution is -0.380. The van der Waals surface area contributed by atoms with Crippen LogP contribution in [0.2, 0.25) is 0 Å². The Morgan fingerprint density at radius 3 is 1.56 bits per heavy atom. The first kappa shape index (κ1) is 27.0. The molecule has 0 aliphatic rings. The highest BCUT2D eigenvalue weighted by molar-refractivity contribution is 4.71. The quantitative estimate of drug-likeness (QED) is 0.305. The van der Waals surface area contributed by atoms with E-state index in [2.05, 4.69) is 13.8 Å². The van der Waals surface area contributed by atoms with Gasteiger partial charge in [-0.25, -0.2) is 0 Å². The Labute approximate surface area is 154 Å². The molecule has 0 fully saturated rings. The molecule has 0 saturated carbocycles. The largest absolute Gasteiger partial charge is 0.394 e. The molecule has 0 rings (SSSR count). The molecule has 0 spiro atoms. The van der Waals surface area contributed by atoms with Crippen molar-refractivity contribution in [1.29, 1.82) is 0 Å². The number of ether oxygens (including phenoxy) is 3. The van der Waals surface area contributed by atoms with E-state index in [1.807, 2.05) is 0 Å². The van der Waals surface area contributed by atoms with Gasteiger partial charge in [0, 0.05) is 27.2 Å². The molecule has 0 aromatic carbocycles. The predicted molar refractivity (Wildman–Crippen MR) is 100 cm³/mol. The van der Waals surface area contributed by atoms with Crippen LogP contribution in [0, 0.1) is 5.92 Å². The Morgan fingerprint density at radius 2 is 1.20 bits per heavy atom. The number of hydrogen-bond acceptors (Lipinski definition) is 6. The van der Waals surface area contributed by atoms with Crippen LogP contribution in [0.5, 0.6) is 0 Å². The van der Waals surface area contributed by atoms with Gasteiger partial charge < -0.3 is 29.5 Å². The number of rotatable bonds is 15. The Balaban J connectivity index is 0. The number of hydrogen-bond donors (Lipinski definition) is 3. The van der Waals surface area contributed by atoms with Crippen molar-refractivity contribution in [3.05, 3.63) is 0 Å². The van der Waals surface area contributed by atoms with E-state index in [0.717, 1.165) is 19.3 Å². The van der Waals surface area contributed by atoms with Crippen molar-refractivity contribution in [3.8, 4) is 0 Å². The molecule has 0 saturated heterocycles. The Morgan fingerprint density at radius 1 is 0.720 bits per heavy atom. The van der Waals surface area contributed by atoms with Crippen LogP contribution in [0.15, 0.2) is 0 Å². The molecular weight excluding hydrogens is 324 g/mol. The minimum absolute atomic E-state index is 0.309. The van der Waals surface area contributed by atoms with Gasteiger partial charge in [-0.1, -0.05) is 58.8 Å². The van der Waals surface area contributed by atoms with Crippen LogP contribution < -0.4 is 0 Å². The second-order valence-corrected chi connectivity index (χ2v) is 6.28. The van der Waals surface area contributed by atoms with Gasteiger partial charge in [-0.2, -0.15) is 0 Å². The molecule has 0 bridgehead atoms. The first-order chi connectivity index (χ1) is 12.0. The van der Waals surface area contributed by atoms with E-state index in [9.17, 15) is 0 Å². The van der Waals surface area contributed by atoms with Crippen LogP contribution in [0.4, 0.5) is 0 Å². The summed E-state index contributed by atoms with van der Waals surface area (Å²) in [5.41, 5.74) is 0. The summed E-state index contributed by atoms with van der Waals surface area (Å²) in [4.78, 5) is 0. The Bertz CT molecular complexity index is 246. The minimum Gasteiger partial charge on any atom is -0.394 e. The second-order valence-electron chi connectivity index (χ2n) is 6.28. The van der Waals surface area contributed by atoms with Crippen LogP contribution >= 0.6 is 0 Å². The molecule has 1 atom stereocenters. The lowest BCUT2D eigenvalue weighted by Gasteiger charge is -2.36. The summed E-state index contributed by atoms with van der Waals surface area (Å²) in [7, 11) is 4.99. The van der Waals surface area contributed by atoms with Crippen molar-refractivity contribution in [2.75, 3.05) is 34.5 Å². The summed E-state index contributed by atoms with van der Waals surface area (Å²) in [6, 6.07) is 0. The smallest absolute Gasteiger partial charge is 0.285 e. The average Bonchev–Trinajstić information content (AvgIpc) is 2.66. The van der Waals surface area contributed by atoms with E-state index in [-0.39, 0.29) is 13.2 Å². The lowest BCUT2D eigenvalue weighted by Crippen LogP contribution is -2.44. The van der Waals surface area contributed by atoms with Crippen LogP contribution in [0.1, 0.15) is 71.6 Å². The number of aliphatic hydroxyl groups is 3. The van der Waals surface area contributed by atoms with Gasteiger partial charge in [0.15, 0.2) is 0 Å². The molecule has 3 N–H and O–H groups in total. The summed E-state index contributed by atoms with van der Waals surface area (Å²) < 4.78 is 16.5. The van der Waals surface area contributed by atoms with Gasteiger partial charge in [0.25, 0.3) is 5.97 Å². The van der Waals surface area contributed by atoms with Crippen LogP contribution in [0.3, 0.4) is 0 Å². The minimum atomic E-state index is -0.954. The van der Waals surface area contributed by atoms with Crippen LogP contribution in [0.25, 0.3) is 0 Å². The van der Waals surface area contributed by atoms with Gasteiger partial charge in [-0.15, -0.1) is 0 Å². The third kappa shape index (κ3) is 12.7. The van der Waals surface area contributed by atoms with Gasteiger partial charge in [-0.3, -0.25) is 0 Å². The molecule has 0 heterocycles. The average molecular weight is 367 g/mol. The number of unbranched alkanes of at least 4 members (excludes halogenated alkanes) is 5. The maximum absolute atomic E-state index is 8.17. The topological polar surface area (TPSA) is 88.4 Å². The van der Waals surface area contributed by atoms with Gasteiger partial charge in [0.05, 0.1) is 13.2 Å². The molecule has 6 nitrogen and oxygen atoms in total. The maximum atomic E-state index is 8.17. The van der Waals surface area contributed by atoms with Crippen molar-refractivity contribution >= 4 is 0 Å². The molecule has 0 amide bonds. The van der Waals surface area contributed by atoms with Gasteiger partial charge >= 0.3 is 0 Å². The lowest BCUT2D eigenvalue weighted by atomic mass is 9.93. The van der Waals surface area contributed by atoms with E-state index in [1.54, 1.807) is 21.3 Å². The van der Waals surface area contributed by atoms with E-state index < -0.39 is 12.1 Å².